The van der Waals surface area contributed by atoms with Crippen molar-refractivity contribution in [3.8, 4) is 11.1 Å². The van der Waals surface area contributed by atoms with Crippen molar-refractivity contribution in [2.75, 3.05) is 0 Å². The van der Waals surface area contributed by atoms with Crippen LogP contribution in [-0.2, 0) is 41.5 Å². The summed E-state index contributed by atoms with van der Waals surface area (Å²) in [7, 11) is 0. The van der Waals surface area contributed by atoms with E-state index in [9.17, 15) is 0 Å². The molecule has 0 N–H and O–H groups in total. The fourth-order valence-electron chi connectivity index (χ4n) is 9.50. The van der Waals surface area contributed by atoms with Crippen molar-refractivity contribution >= 4 is 29.0 Å². The van der Waals surface area contributed by atoms with Crippen molar-refractivity contribution in [3.05, 3.63) is 125 Å². The van der Waals surface area contributed by atoms with Crippen molar-refractivity contribution in [1.82, 2.24) is 0 Å². The van der Waals surface area contributed by atoms with Gasteiger partial charge in [0, 0.05) is 0 Å². The Morgan fingerprint density at radius 3 is 1.78 bits per heavy atom. The first-order valence-electron chi connectivity index (χ1n) is 18.5. The average Bonchev–Trinajstić information content (AvgIpc) is 3.54. The standard InChI is InChI=1S/C21H25.C18H25.C7H7.CH3.CH2.2ClH.Zr/c1-20(2,3)16-7-9-18-14(12-16)11-15-13-17(21(4,5)6)8-10-19(15)18;1-12-3-13(2)17(4-12)11-18-8-14-5-15(9-18)7-16(6-14)10-18;1-7-5-3-2-4-6-7;;;;;/h7-10,12H,11H2,1-6H3;4,12,14-16H,5-11H2,1-2H3;3-6H,1H3;1H3;1H2;2*1H;/q4*-1;;;;. The quantitative estimate of drug-likeness (QED) is 0.177. The van der Waals surface area contributed by atoms with Crippen LogP contribution in [0.1, 0.15) is 128 Å². The Morgan fingerprint density at radius 1 is 0.784 bits per heavy atom. The summed E-state index contributed by atoms with van der Waals surface area (Å²) in [5.41, 5.74) is 13.8. The van der Waals surface area contributed by atoms with E-state index in [0.717, 1.165) is 24.2 Å². The van der Waals surface area contributed by atoms with E-state index in [1.54, 1.807) is 44.1 Å². The summed E-state index contributed by atoms with van der Waals surface area (Å²) in [6.45, 7) is 20.2. The number of halogens is 2. The molecule has 0 saturated heterocycles. The molecule has 9 rings (SSSR count). The molecular formula is C48H64Cl2Zr-4. The maximum Gasteiger partial charge on any atom is -0.358 e. The van der Waals surface area contributed by atoms with Gasteiger partial charge < -0.3 is 7.43 Å². The first kappa shape index (κ1) is 45.6. The molecule has 4 fully saturated rings. The topological polar surface area (TPSA) is 0 Å². The van der Waals surface area contributed by atoms with Crippen LogP contribution < -0.4 is 0 Å². The Hall–Kier alpha value is -1.53. The minimum absolute atomic E-state index is 0. The van der Waals surface area contributed by atoms with Crippen LogP contribution in [0.15, 0.2) is 71.8 Å². The molecule has 4 bridgehead atoms. The van der Waals surface area contributed by atoms with Gasteiger partial charge in [0.2, 0.25) is 0 Å². The minimum Gasteiger partial charge on any atom is -0.358 e. The molecule has 0 heterocycles. The largest absolute Gasteiger partial charge is 0.358 e. The molecule has 3 aromatic carbocycles. The number of hydrogen-bond donors (Lipinski definition) is 0. The zero-order valence-electron chi connectivity index (χ0n) is 33.3. The van der Waals surface area contributed by atoms with Gasteiger partial charge in [0.25, 0.3) is 0 Å². The monoisotopic (exact) mass is 800 g/mol. The SMILES string of the molecule is CC(C)(C)c1[c-]c2c(cc1)-c1ccc(C(C)(C)C)cc1C2.CC1=[C-]C(C)C=C1CC12CC3CC(CC(C3)C1)C2.Cc1cc[c-]cc1.Cl.Cl.[CH2]=[Zr].[CH3-]. The second-order valence-corrected chi connectivity index (χ2v) is 17.7. The molecular weight excluding hydrogens is 739 g/mol. The number of benzene rings is 3. The Bertz CT molecular complexity index is 1540. The summed E-state index contributed by atoms with van der Waals surface area (Å²) in [5.74, 6) is 3.82. The van der Waals surface area contributed by atoms with Crippen molar-refractivity contribution in [2.24, 2.45) is 29.1 Å². The molecule has 1 atom stereocenters. The molecule has 0 spiro atoms. The second-order valence-electron chi connectivity index (χ2n) is 17.7. The van der Waals surface area contributed by atoms with Gasteiger partial charge in [-0.05, 0) is 90.1 Å². The van der Waals surface area contributed by atoms with E-state index in [-0.39, 0.29) is 43.1 Å². The average molecular weight is 803 g/mol. The van der Waals surface area contributed by atoms with E-state index in [2.05, 4.69) is 121 Å². The van der Waals surface area contributed by atoms with Crippen molar-refractivity contribution in [1.29, 1.82) is 0 Å². The zero-order valence-corrected chi connectivity index (χ0v) is 37.4. The van der Waals surface area contributed by atoms with Crippen LogP contribution >= 0.6 is 24.8 Å². The molecule has 1 unspecified atom stereocenters. The number of fused-ring (bicyclic) bond motifs is 3. The van der Waals surface area contributed by atoms with Gasteiger partial charge >= 0.3 is 28.4 Å². The third kappa shape index (κ3) is 11.2. The van der Waals surface area contributed by atoms with E-state index in [1.165, 1.54) is 75.2 Å². The van der Waals surface area contributed by atoms with Gasteiger partial charge in [-0.3, -0.25) is 6.08 Å². The number of aryl methyl sites for hydroxylation is 1. The molecule has 0 aliphatic heterocycles. The fourth-order valence-corrected chi connectivity index (χ4v) is 9.50. The molecule has 3 aromatic rings. The van der Waals surface area contributed by atoms with E-state index in [1.807, 2.05) is 24.3 Å². The van der Waals surface area contributed by atoms with Crippen LogP contribution in [-0.4, -0.2) is 4.21 Å². The normalized spacial score (nSPS) is 24.5. The van der Waals surface area contributed by atoms with Crippen LogP contribution in [0.2, 0.25) is 0 Å². The molecule has 0 amide bonds. The van der Waals surface area contributed by atoms with Gasteiger partial charge in [-0.15, -0.1) is 35.9 Å². The third-order valence-corrected chi connectivity index (χ3v) is 11.5. The maximum absolute atomic E-state index is 3.67. The summed E-state index contributed by atoms with van der Waals surface area (Å²) < 4.78 is 3.34. The van der Waals surface area contributed by atoms with Gasteiger partial charge in [-0.2, -0.15) is 71.3 Å². The molecule has 6 aliphatic rings. The molecule has 6 aliphatic carbocycles. The van der Waals surface area contributed by atoms with Crippen LogP contribution in [0.3, 0.4) is 0 Å². The second kappa shape index (κ2) is 18.7. The molecule has 0 aromatic heterocycles. The zero-order chi connectivity index (χ0) is 34.9. The Morgan fingerprint density at radius 2 is 1.33 bits per heavy atom. The van der Waals surface area contributed by atoms with Crippen LogP contribution in [0.25, 0.3) is 11.1 Å². The fraction of sp³-hybridized carbons (Fsp3) is 0.500. The van der Waals surface area contributed by atoms with Crippen molar-refractivity contribution in [3.63, 3.8) is 0 Å². The minimum atomic E-state index is 0. The van der Waals surface area contributed by atoms with E-state index in [4.69, 9.17) is 0 Å². The molecule has 0 nitrogen and oxygen atoms in total. The van der Waals surface area contributed by atoms with Crippen LogP contribution in [0, 0.1) is 61.6 Å². The Labute approximate surface area is 340 Å². The number of rotatable bonds is 2. The summed E-state index contributed by atoms with van der Waals surface area (Å²) in [6.07, 6.45) is 17.8. The summed E-state index contributed by atoms with van der Waals surface area (Å²) in [4.78, 5) is 0. The van der Waals surface area contributed by atoms with E-state index >= 15 is 0 Å². The first-order valence-corrected chi connectivity index (χ1v) is 20.2. The van der Waals surface area contributed by atoms with Gasteiger partial charge in [-0.1, -0.05) is 98.4 Å². The maximum atomic E-state index is 3.67. The first-order chi connectivity index (χ1) is 22.7. The number of hydrogen-bond acceptors (Lipinski definition) is 0. The molecule has 4 saturated carbocycles. The van der Waals surface area contributed by atoms with Crippen LogP contribution in [0.4, 0.5) is 0 Å². The van der Waals surface area contributed by atoms with Crippen molar-refractivity contribution < 1.29 is 24.2 Å². The number of allylic oxidation sites excluding steroid dienone is 4. The van der Waals surface area contributed by atoms with Gasteiger partial charge in [0.05, 0.1) is 0 Å². The Kier molecular flexibility index (Phi) is 16.7. The summed E-state index contributed by atoms with van der Waals surface area (Å²) >= 11 is 1.30. The van der Waals surface area contributed by atoms with Gasteiger partial charge in [0.1, 0.15) is 0 Å². The van der Waals surface area contributed by atoms with Crippen molar-refractivity contribution in [2.45, 2.75) is 125 Å². The van der Waals surface area contributed by atoms with Gasteiger partial charge in [0.15, 0.2) is 0 Å². The Balaban J connectivity index is 0.000000274. The van der Waals surface area contributed by atoms with Crippen LogP contribution in [0.5, 0.6) is 0 Å². The van der Waals surface area contributed by atoms with E-state index in [0.29, 0.717) is 11.3 Å². The molecule has 51 heavy (non-hydrogen) atoms. The third-order valence-electron chi connectivity index (χ3n) is 11.5. The molecule has 3 heteroatoms. The predicted molar refractivity (Wildman–Crippen MR) is 224 cm³/mol. The van der Waals surface area contributed by atoms with E-state index < -0.39 is 0 Å². The summed E-state index contributed by atoms with van der Waals surface area (Å²) in [5, 5.41) is 0. The molecule has 278 valence electrons. The van der Waals surface area contributed by atoms with Gasteiger partial charge in [-0.25, -0.2) is 5.57 Å². The molecule has 0 radical (unpaired) electrons. The smallest absolute Gasteiger partial charge is 0.358 e. The summed E-state index contributed by atoms with van der Waals surface area (Å²) in [6, 6.07) is 26.0. The predicted octanol–water partition coefficient (Wildman–Crippen LogP) is 13.6.